The summed E-state index contributed by atoms with van der Waals surface area (Å²) in [7, 11) is 0. The lowest BCUT2D eigenvalue weighted by molar-refractivity contribution is -0.147. The highest BCUT2D eigenvalue weighted by Gasteiger charge is 2.65. The summed E-state index contributed by atoms with van der Waals surface area (Å²) in [4.78, 5) is 11.1. The van der Waals surface area contributed by atoms with E-state index < -0.39 is 11.5 Å². The number of carboxylic acids is 1. The van der Waals surface area contributed by atoms with E-state index >= 15 is 0 Å². The van der Waals surface area contributed by atoms with Gasteiger partial charge in [-0.1, -0.05) is 30.3 Å². The van der Waals surface area contributed by atoms with Crippen molar-refractivity contribution in [2.24, 2.45) is 0 Å². The van der Waals surface area contributed by atoms with E-state index in [1.165, 1.54) is 5.56 Å². The summed E-state index contributed by atoms with van der Waals surface area (Å²) < 4.78 is 0. The molecule has 1 aromatic rings. The zero-order chi connectivity index (χ0) is 10.5. The molecule has 4 rings (SSSR count). The average Bonchev–Trinajstić information content (AvgIpc) is 2.74. The van der Waals surface area contributed by atoms with E-state index in [0.29, 0.717) is 0 Å². The van der Waals surface area contributed by atoms with Crippen LogP contribution < -0.4 is 5.32 Å². The zero-order valence-electron chi connectivity index (χ0n) is 8.36. The predicted molar refractivity (Wildman–Crippen MR) is 55.7 cm³/mol. The van der Waals surface area contributed by atoms with Crippen LogP contribution in [0.1, 0.15) is 18.4 Å². The summed E-state index contributed by atoms with van der Waals surface area (Å²) in [6.07, 6.45) is 1.47. The second-order valence-corrected chi connectivity index (χ2v) is 4.74. The van der Waals surface area contributed by atoms with Crippen LogP contribution in [0.5, 0.6) is 0 Å². The number of benzene rings is 1. The molecule has 78 valence electrons. The Kier molecular flexibility index (Phi) is 1.55. The summed E-state index contributed by atoms with van der Waals surface area (Å²) in [5.41, 5.74) is 0.724. The monoisotopic (exact) mass is 203 g/mol. The first kappa shape index (κ1) is 8.92. The molecule has 0 unspecified atom stereocenters. The van der Waals surface area contributed by atoms with E-state index in [-0.39, 0.29) is 5.41 Å². The van der Waals surface area contributed by atoms with Gasteiger partial charge in [-0.25, -0.2) is 0 Å². The third kappa shape index (κ3) is 1.01. The number of hydrogen-bond donors (Lipinski definition) is 2. The number of rotatable bonds is 2. The lowest BCUT2D eigenvalue weighted by atomic mass is 9.59. The van der Waals surface area contributed by atoms with E-state index in [1.54, 1.807) is 0 Å². The quantitative estimate of drug-likeness (QED) is 0.758. The predicted octanol–water partition coefficient (Wildman–Crippen LogP) is 1.14. The second kappa shape index (κ2) is 2.61. The third-order valence-corrected chi connectivity index (χ3v) is 3.84. The van der Waals surface area contributed by atoms with Crippen LogP contribution in [0.2, 0.25) is 0 Å². The summed E-state index contributed by atoms with van der Waals surface area (Å²) in [6, 6.07) is 10.2. The standard InChI is InChI=1S/C12H13NO2/c14-10(15)12-6-11(7-12,8-13-12)9-4-2-1-3-5-9/h1-5,13H,6-8H2,(H,14,15). The maximum atomic E-state index is 11.1. The molecule has 15 heavy (non-hydrogen) atoms. The molecule has 3 fully saturated rings. The Morgan fingerprint density at radius 3 is 2.47 bits per heavy atom. The minimum absolute atomic E-state index is 0.0830. The van der Waals surface area contributed by atoms with Gasteiger partial charge in [-0.3, -0.25) is 4.79 Å². The highest BCUT2D eigenvalue weighted by atomic mass is 16.4. The smallest absolute Gasteiger partial charge is 0.323 e. The van der Waals surface area contributed by atoms with Gasteiger partial charge < -0.3 is 10.4 Å². The van der Waals surface area contributed by atoms with Gasteiger partial charge in [0.2, 0.25) is 0 Å². The molecule has 0 amide bonds. The van der Waals surface area contributed by atoms with Crippen LogP contribution in [0.4, 0.5) is 0 Å². The molecular formula is C12H13NO2. The first-order valence-corrected chi connectivity index (χ1v) is 5.21. The van der Waals surface area contributed by atoms with Crippen molar-refractivity contribution in [1.29, 1.82) is 0 Å². The van der Waals surface area contributed by atoms with Gasteiger partial charge in [0.25, 0.3) is 0 Å². The van der Waals surface area contributed by atoms with Gasteiger partial charge in [0.1, 0.15) is 5.54 Å². The molecule has 0 atom stereocenters. The van der Waals surface area contributed by atoms with Gasteiger partial charge in [0.05, 0.1) is 0 Å². The molecule has 2 heterocycles. The minimum Gasteiger partial charge on any atom is -0.480 e. The van der Waals surface area contributed by atoms with Gasteiger partial charge >= 0.3 is 5.97 Å². The number of carbonyl (C=O) groups is 1. The van der Waals surface area contributed by atoms with Crippen LogP contribution in [-0.2, 0) is 10.2 Å². The highest BCUT2D eigenvalue weighted by Crippen LogP contribution is 2.55. The Morgan fingerprint density at radius 1 is 1.27 bits per heavy atom. The molecule has 2 aliphatic heterocycles. The van der Waals surface area contributed by atoms with Crippen molar-refractivity contribution in [2.45, 2.75) is 23.8 Å². The summed E-state index contributed by atoms with van der Waals surface area (Å²) in [6.45, 7) is 0.795. The maximum absolute atomic E-state index is 11.1. The van der Waals surface area contributed by atoms with Gasteiger partial charge in [0, 0.05) is 12.0 Å². The molecule has 3 aliphatic rings. The van der Waals surface area contributed by atoms with E-state index in [9.17, 15) is 4.79 Å². The van der Waals surface area contributed by atoms with E-state index in [1.807, 2.05) is 18.2 Å². The maximum Gasteiger partial charge on any atom is 0.323 e. The van der Waals surface area contributed by atoms with E-state index in [0.717, 1.165) is 19.4 Å². The van der Waals surface area contributed by atoms with E-state index in [2.05, 4.69) is 17.4 Å². The SMILES string of the molecule is O=C(O)C12CC(c3ccccc3)(CN1)C2. The van der Waals surface area contributed by atoms with E-state index in [4.69, 9.17) is 5.11 Å². The highest BCUT2D eigenvalue weighted by molar-refractivity contribution is 5.82. The third-order valence-electron chi connectivity index (χ3n) is 3.84. The normalized spacial score (nSPS) is 37.3. The van der Waals surface area contributed by atoms with Crippen LogP contribution in [0.3, 0.4) is 0 Å². The Hall–Kier alpha value is -1.35. The first-order chi connectivity index (χ1) is 7.17. The molecule has 3 nitrogen and oxygen atoms in total. The first-order valence-electron chi connectivity index (χ1n) is 5.21. The lowest BCUT2D eigenvalue weighted by Gasteiger charge is -2.43. The summed E-state index contributed by atoms with van der Waals surface area (Å²) >= 11 is 0. The number of aliphatic carboxylic acids is 1. The number of fused-ring (bicyclic) bond motifs is 1. The molecule has 0 radical (unpaired) electrons. The fourth-order valence-corrected chi connectivity index (χ4v) is 3.02. The molecule has 1 saturated carbocycles. The van der Waals surface area contributed by atoms with Crippen LogP contribution in [0.25, 0.3) is 0 Å². The van der Waals surface area contributed by atoms with Crippen molar-refractivity contribution in [1.82, 2.24) is 5.32 Å². The Balaban J connectivity index is 1.91. The van der Waals surface area contributed by atoms with Gasteiger partial charge in [-0.05, 0) is 18.4 Å². The van der Waals surface area contributed by atoms with Crippen LogP contribution in [0.15, 0.2) is 30.3 Å². The molecular weight excluding hydrogens is 190 g/mol. The average molecular weight is 203 g/mol. The Bertz CT molecular complexity index is 407. The lowest BCUT2D eigenvalue weighted by Crippen LogP contribution is -2.55. The van der Waals surface area contributed by atoms with Crippen LogP contribution in [-0.4, -0.2) is 23.2 Å². The van der Waals surface area contributed by atoms with Crippen molar-refractivity contribution < 1.29 is 9.90 Å². The van der Waals surface area contributed by atoms with Crippen molar-refractivity contribution in [3.05, 3.63) is 35.9 Å². The van der Waals surface area contributed by atoms with Crippen molar-refractivity contribution in [2.75, 3.05) is 6.54 Å². The van der Waals surface area contributed by atoms with Gasteiger partial charge in [0.15, 0.2) is 0 Å². The fraction of sp³-hybridized carbons (Fsp3) is 0.417. The topological polar surface area (TPSA) is 49.3 Å². The van der Waals surface area contributed by atoms with Crippen LogP contribution in [0, 0.1) is 0 Å². The molecule has 0 spiro atoms. The molecule has 2 bridgehead atoms. The summed E-state index contributed by atoms with van der Waals surface area (Å²) in [5.74, 6) is -0.702. The van der Waals surface area contributed by atoms with Crippen molar-refractivity contribution in [3.63, 3.8) is 0 Å². The number of carboxylic acid groups (broad SMARTS) is 1. The number of hydrogen-bond acceptors (Lipinski definition) is 2. The van der Waals surface area contributed by atoms with Crippen molar-refractivity contribution in [3.8, 4) is 0 Å². The molecule has 2 N–H and O–H groups in total. The number of nitrogens with one attached hydrogen (secondary N) is 1. The molecule has 1 aromatic carbocycles. The zero-order valence-corrected chi connectivity index (χ0v) is 8.36. The Labute approximate surface area is 88.1 Å². The molecule has 2 saturated heterocycles. The largest absolute Gasteiger partial charge is 0.480 e. The van der Waals surface area contributed by atoms with Crippen LogP contribution >= 0.6 is 0 Å². The molecule has 1 aliphatic carbocycles. The fourth-order valence-electron chi connectivity index (χ4n) is 3.02. The van der Waals surface area contributed by atoms with Gasteiger partial charge in [-0.15, -0.1) is 0 Å². The van der Waals surface area contributed by atoms with Gasteiger partial charge in [-0.2, -0.15) is 0 Å². The molecule has 3 heteroatoms. The minimum atomic E-state index is -0.702. The summed E-state index contributed by atoms with van der Waals surface area (Å²) in [5, 5.41) is 12.3. The molecule has 0 aromatic heterocycles. The van der Waals surface area contributed by atoms with Crippen molar-refractivity contribution >= 4 is 5.97 Å². The second-order valence-electron chi connectivity index (χ2n) is 4.74. The Morgan fingerprint density at radius 2 is 1.93 bits per heavy atom.